The maximum absolute atomic E-state index is 12.0. The van der Waals surface area contributed by atoms with Crippen molar-refractivity contribution < 1.29 is 19.1 Å². The van der Waals surface area contributed by atoms with Crippen molar-refractivity contribution in [2.24, 2.45) is 11.8 Å². The van der Waals surface area contributed by atoms with E-state index in [9.17, 15) is 9.59 Å². The first-order chi connectivity index (χ1) is 9.69. The molecule has 0 saturated carbocycles. The van der Waals surface area contributed by atoms with E-state index in [0.29, 0.717) is 36.9 Å². The maximum atomic E-state index is 12.0. The first-order valence-electron chi connectivity index (χ1n) is 6.39. The third kappa shape index (κ3) is 2.16. The lowest BCUT2D eigenvalue weighted by Crippen LogP contribution is -2.37. The number of hydrogen-bond donors (Lipinski definition) is 2. The van der Waals surface area contributed by atoms with Gasteiger partial charge in [-0.25, -0.2) is 5.84 Å². The van der Waals surface area contributed by atoms with Crippen LogP contribution < -0.4 is 25.6 Å². The van der Waals surface area contributed by atoms with Gasteiger partial charge >= 0.3 is 0 Å². The number of hydrogen-bond acceptors (Lipinski definition) is 5. The van der Waals surface area contributed by atoms with Gasteiger partial charge in [0.15, 0.2) is 11.5 Å². The molecule has 20 heavy (non-hydrogen) atoms. The average molecular weight is 277 g/mol. The monoisotopic (exact) mass is 277 g/mol. The Balaban J connectivity index is 1.82. The van der Waals surface area contributed by atoms with E-state index < -0.39 is 5.92 Å². The van der Waals surface area contributed by atoms with Gasteiger partial charge in [-0.15, -0.1) is 0 Å². The van der Waals surface area contributed by atoms with Gasteiger partial charge in [0.05, 0.1) is 5.92 Å². The number of amides is 2. The van der Waals surface area contributed by atoms with Crippen molar-refractivity contribution in [3.63, 3.8) is 0 Å². The standard InChI is InChI=1S/C13H15N3O4/c14-15-13(18)8-5-12(17)16(7-8)9-1-2-10-11(6-9)20-4-3-19-10/h1-2,6,8H,3-5,7,14H2,(H,15,18)/t8-/m1/s1. The number of carbonyl (C=O) groups is 2. The second kappa shape index (κ2) is 5.01. The molecule has 1 fully saturated rings. The molecule has 2 aliphatic rings. The highest BCUT2D eigenvalue weighted by Crippen LogP contribution is 2.35. The fourth-order valence-corrected chi connectivity index (χ4v) is 2.45. The van der Waals surface area contributed by atoms with Gasteiger partial charge in [0, 0.05) is 24.7 Å². The molecule has 0 radical (unpaired) electrons. The topological polar surface area (TPSA) is 93.9 Å². The van der Waals surface area contributed by atoms with Crippen LogP contribution in [0.25, 0.3) is 0 Å². The lowest BCUT2D eigenvalue weighted by molar-refractivity contribution is -0.126. The summed E-state index contributed by atoms with van der Waals surface area (Å²) in [5.41, 5.74) is 2.79. The van der Waals surface area contributed by atoms with Gasteiger partial charge in [-0.1, -0.05) is 0 Å². The fraction of sp³-hybridized carbons (Fsp3) is 0.385. The number of fused-ring (bicyclic) bond motifs is 1. The molecule has 1 aromatic carbocycles. The van der Waals surface area contributed by atoms with Crippen molar-refractivity contribution in [1.82, 2.24) is 5.43 Å². The molecule has 1 aromatic rings. The summed E-state index contributed by atoms with van der Waals surface area (Å²) >= 11 is 0. The summed E-state index contributed by atoms with van der Waals surface area (Å²) in [5, 5.41) is 0. The van der Waals surface area contributed by atoms with Crippen molar-refractivity contribution in [2.75, 3.05) is 24.7 Å². The second-order valence-corrected chi connectivity index (χ2v) is 4.74. The number of nitrogens with two attached hydrogens (primary N) is 1. The van der Waals surface area contributed by atoms with E-state index in [1.165, 1.54) is 0 Å². The van der Waals surface area contributed by atoms with E-state index in [4.69, 9.17) is 15.3 Å². The molecule has 3 N–H and O–H groups in total. The van der Waals surface area contributed by atoms with E-state index in [1.807, 2.05) is 0 Å². The largest absolute Gasteiger partial charge is 0.486 e. The minimum atomic E-state index is -0.416. The number of nitrogens with one attached hydrogen (secondary N) is 1. The third-order valence-electron chi connectivity index (χ3n) is 3.48. The van der Waals surface area contributed by atoms with E-state index in [-0.39, 0.29) is 18.2 Å². The lowest BCUT2D eigenvalue weighted by Gasteiger charge is -2.22. The Morgan fingerprint density at radius 3 is 2.80 bits per heavy atom. The molecular formula is C13H15N3O4. The molecular weight excluding hydrogens is 262 g/mol. The molecule has 2 aliphatic heterocycles. The number of benzene rings is 1. The van der Waals surface area contributed by atoms with Gasteiger partial charge in [-0.2, -0.15) is 0 Å². The van der Waals surface area contributed by atoms with Crippen LogP contribution in [0.4, 0.5) is 5.69 Å². The van der Waals surface area contributed by atoms with Crippen LogP contribution >= 0.6 is 0 Å². The van der Waals surface area contributed by atoms with Crippen molar-refractivity contribution in [2.45, 2.75) is 6.42 Å². The van der Waals surface area contributed by atoms with Crippen LogP contribution in [-0.4, -0.2) is 31.6 Å². The van der Waals surface area contributed by atoms with E-state index >= 15 is 0 Å². The van der Waals surface area contributed by atoms with Crippen LogP contribution in [0.5, 0.6) is 11.5 Å². The predicted molar refractivity (Wildman–Crippen MR) is 70.2 cm³/mol. The Kier molecular flexibility index (Phi) is 3.19. The van der Waals surface area contributed by atoms with Crippen LogP contribution in [0.3, 0.4) is 0 Å². The molecule has 7 heteroatoms. The average Bonchev–Trinajstić information content (AvgIpc) is 2.88. The fourth-order valence-electron chi connectivity index (χ4n) is 2.45. The van der Waals surface area contributed by atoms with Crippen molar-refractivity contribution in [3.8, 4) is 11.5 Å². The summed E-state index contributed by atoms with van der Waals surface area (Å²) in [6, 6.07) is 5.32. The van der Waals surface area contributed by atoms with Gasteiger partial charge in [0.2, 0.25) is 11.8 Å². The van der Waals surface area contributed by atoms with Crippen LogP contribution in [0, 0.1) is 5.92 Å². The zero-order chi connectivity index (χ0) is 14.1. The predicted octanol–water partition coefficient (Wildman–Crippen LogP) is -0.199. The summed E-state index contributed by atoms with van der Waals surface area (Å²) < 4.78 is 10.9. The van der Waals surface area contributed by atoms with Gasteiger partial charge < -0.3 is 14.4 Å². The van der Waals surface area contributed by atoms with E-state index in [1.54, 1.807) is 23.1 Å². The SMILES string of the molecule is NNC(=O)[C@@H]1CC(=O)N(c2ccc3c(c2)OCCO3)C1. The number of carbonyl (C=O) groups excluding carboxylic acids is 2. The van der Waals surface area contributed by atoms with Crippen LogP contribution in [0.1, 0.15) is 6.42 Å². The third-order valence-corrected chi connectivity index (χ3v) is 3.48. The quantitative estimate of drug-likeness (QED) is 0.443. The van der Waals surface area contributed by atoms with Crippen LogP contribution in [0.15, 0.2) is 18.2 Å². The van der Waals surface area contributed by atoms with E-state index in [2.05, 4.69) is 5.43 Å². The molecule has 0 unspecified atom stereocenters. The highest BCUT2D eigenvalue weighted by molar-refractivity contribution is 6.00. The van der Waals surface area contributed by atoms with Gasteiger partial charge in [0.1, 0.15) is 13.2 Å². The van der Waals surface area contributed by atoms with Crippen molar-refractivity contribution in [1.29, 1.82) is 0 Å². The number of nitrogens with zero attached hydrogens (tertiary/aromatic N) is 1. The second-order valence-electron chi connectivity index (χ2n) is 4.74. The molecule has 0 aromatic heterocycles. The highest BCUT2D eigenvalue weighted by Gasteiger charge is 2.35. The number of hydrazine groups is 1. The van der Waals surface area contributed by atoms with Gasteiger partial charge in [-0.3, -0.25) is 15.0 Å². The van der Waals surface area contributed by atoms with Crippen molar-refractivity contribution >= 4 is 17.5 Å². The molecule has 0 spiro atoms. The Morgan fingerprint density at radius 2 is 2.05 bits per heavy atom. The number of ether oxygens (including phenoxy) is 2. The molecule has 7 nitrogen and oxygen atoms in total. The molecule has 3 rings (SSSR count). The zero-order valence-corrected chi connectivity index (χ0v) is 10.8. The highest BCUT2D eigenvalue weighted by atomic mass is 16.6. The molecule has 0 bridgehead atoms. The van der Waals surface area contributed by atoms with Crippen LogP contribution in [-0.2, 0) is 9.59 Å². The van der Waals surface area contributed by atoms with Gasteiger partial charge in [-0.05, 0) is 12.1 Å². The Labute approximate surface area is 115 Å². The summed E-state index contributed by atoms with van der Waals surface area (Å²) in [4.78, 5) is 25.1. The summed E-state index contributed by atoms with van der Waals surface area (Å²) in [7, 11) is 0. The van der Waals surface area contributed by atoms with Crippen LogP contribution in [0.2, 0.25) is 0 Å². The molecule has 0 aliphatic carbocycles. The minimum Gasteiger partial charge on any atom is -0.486 e. The maximum Gasteiger partial charge on any atom is 0.239 e. The molecule has 106 valence electrons. The first kappa shape index (κ1) is 12.7. The zero-order valence-electron chi connectivity index (χ0n) is 10.8. The van der Waals surface area contributed by atoms with E-state index in [0.717, 1.165) is 0 Å². The Hall–Kier alpha value is -2.28. The smallest absolute Gasteiger partial charge is 0.239 e. The summed E-state index contributed by atoms with van der Waals surface area (Å²) in [6.07, 6.45) is 0.164. The van der Waals surface area contributed by atoms with Crippen molar-refractivity contribution in [3.05, 3.63) is 18.2 Å². The summed E-state index contributed by atoms with van der Waals surface area (Å²) in [6.45, 7) is 1.33. The molecule has 2 heterocycles. The minimum absolute atomic E-state index is 0.102. The summed E-state index contributed by atoms with van der Waals surface area (Å²) in [5.74, 6) is 5.56. The first-order valence-corrected chi connectivity index (χ1v) is 6.39. The number of anilines is 1. The molecule has 2 amide bonds. The molecule has 1 atom stereocenters. The molecule has 1 saturated heterocycles. The Bertz CT molecular complexity index is 561. The lowest BCUT2D eigenvalue weighted by atomic mass is 10.1. The normalized spacial score (nSPS) is 20.9. The van der Waals surface area contributed by atoms with Gasteiger partial charge in [0.25, 0.3) is 0 Å². The number of rotatable bonds is 2. The Morgan fingerprint density at radius 1 is 1.30 bits per heavy atom.